The van der Waals surface area contributed by atoms with Crippen LogP contribution in [0.1, 0.15) is 39.7 Å². The van der Waals surface area contributed by atoms with Crippen LogP contribution in [0.25, 0.3) is 0 Å². The van der Waals surface area contributed by atoms with Gasteiger partial charge in [0.05, 0.1) is 6.61 Å². The molecule has 0 aliphatic heterocycles. The number of nitrogens with one attached hydrogen (secondary N) is 1. The van der Waals surface area contributed by atoms with E-state index in [1.54, 1.807) is 0 Å². The second kappa shape index (κ2) is 9.11. The molecule has 1 aromatic rings. The largest absolute Gasteiger partial charge is 0.380 e. The lowest BCUT2D eigenvalue weighted by molar-refractivity contribution is 0.104. The number of aryl methyl sites for hydroxylation is 1. The monoisotopic (exact) mass is 263 g/mol. The van der Waals surface area contributed by atoms with Crippen molar-refractivity contribution in [3.8, 4) is 0 Å². The predicted molar refractivity (Wildman–Crippen MR) is 82.5 cm³/mol. The minimum Gasteiger partial charge on any atom is -0.380 e. The van der Waals surface area contributed by atoms with Gasteiger partial charge in [-0.05, 0) is 38.2 Å². The van der Waals surface area contributed by atoms with Crippen molar-refractivity contribution >= 4 is 0 Å². The van der Waals surface area contributed by atoms with Gasteiger partial charge in [0.2, 0.25) is 0 Å². The molecule has 1 N–H and O–H groups in total. The van der Waals surface area contributed by atoms with Crippen LogP contribution in [0.15, 0.2) is 30.3 Å². The molecular formula is C17H29NO. The van der Waals surface area contributed by atoms with Gasteiger partial charge in [0.1, 0.15) is 0 Å². The Bertz CT molecular complexity index is 323. The van der Waals surface area contributed by atoms with Gasteiger partial charge < -0.3 is 10.1 Å². The molecule has 0 fully saturated rings. The normalized spacial score (nSPS) is 14.6. The Morgan fingerprint density at radius 2 is 1.79 bits per heavy atom. The molecule has 0 amide bonds. The Morgan fingerprint density at radius 1 is 1.11 bits per heavy atom. The van der Waals surface area contributed by atoms with Crippen LogP contribution in [0.5, 0.6) is 0 Å². The average molecular weight is 263 g/mol. The van der Waals surface area contributed by atoms with E-state index < -0.39 is 0 Å². The van der Waals surface area contributed by atoms with Gasteiger partial charge in [0.25, 0.3) is 0 Å². The van der Waals surface area contributed by atoms with Gasteiger partial charge in [-0.25, -0.2) is 0 Å². The predicted octanol–water partition coefficient (Wildman–Crippen LogP) is 3.66. The lowest BCUT2D eigenvalue weighted by atomic mass is 10.0. The third-order valence-corrected chi connectivity index (χ3v) is 3.51. The van der Waals surface area contributed by atoms with Crippen molar-refractivity contribution in [2.45, 2.75) is 52.6 Å². The summed E-state index contributed by atoms with van der Waals surface area (Å²) in [4.78, 5) is 0. The summed E-state index contributed by atoms with van der Waals surface area (Å²) in [6.07, 6.45) is 2.30. The number of hydrogen-bond donors (Lipinski definition) is 1. The van der Waals surface area contributed by atoms with Crippen molar-refractivity contribution in [3.63, 3.8) is 0 Å². The molecule has 0 aliphatic rings. The van der Waals surface area contributed by atoms with E-state index in [0.717, 1.165) is 19.6 Å². The zero-order valence-electron chi connectivity index (χ0n) is 12.9. The molecule has 0 spiro atoms. The zero-order chi connectivity index (χ0) is 14.1. The van der Waals surface area contributed by atoms with Crippen LogP contribution in [0.2, 0.25) is 0 Å². The van der Waals surface area contributed by atoms with Gasteiger partial charge in [-0.3, -0.25) is 0 Å². The van der Waals surface area contributed by atoms with Gasteiger partial charge in [-0.1, -0.05) is 44.2 Å². The molecular weight excluding hydrogens is 234 g/mol. The van der Waals surface area contributed by atoms with E-state index in [0.29, 0.717) is 18.0 Å². The number of rotatable bonds is 9. The molecule has 0 saturated carbocycles. The third-order valence-electron chi connectivity index (χ3n) is 3.51. The summed E-state index contributed by atoms with van der Waals surface area (Å²) in [5.74, 6) is 0.603. The van der Waals surface area contributed by atoms with Crippen LogP contribution in [0, 0.1) is 5.92 Å². The Kier molecular flexibility index (Phi) is 7.76. The molecule has 2 unspecified atom stereocenters. The van der Waals surface area contributed by atoms with E-state index in [9.17, 15) is 0 Å². The molecule has 1 rings (SSSR count). The summed E-state index contributed by atoms with van der Waals surface area (Å²) in [6, 6.07) is 11.7. The van der Waals surface area contributed by atoms with E-state index in [1.165, 1.54) is 12.0 Å². The highest BCUT2D eigenvalue weighted by molar-refractivity contribution is 5.14. The van der Waals surface area contributed by atoms with Crippen LogP contribution in [0.4, 0.5) is 0 Å². The maximum atomic E-state index is 5.56. The minimum atomic E-state index is 0.450. The highest BCUT2D eigenvalue weighted by Gasteiger charge is 2.15. The average Bonchev–Trinajstić information content (AvgIpc) is 2.42. The van der Waals surface area contributed by atoms with E-state index in [2.05, 4.69) is 63.3 Å². The summed E-state index contributed by atoms with van der Waals surface area (Å²) < 4.78 is 5.56. The van der Waals surface area contributed by atoms with E-state index >= 15 is 0 Å². The number of hydrogen-bond acceptors (Lipinski definition) is 2. The van der Waals surface area contributed by atoms with Crippen molar-refractivity contribution in [1.82, 2.24) is 5.32 Å². The van der Waals surface area contributed by atoms with Gasteiger partial charge in [0, 0.05) is 18.7 Å². The van der Waals surface area contributed by atoms with Crippen molar-refractivity contribution in [3.05, 3.63) is 35.9 Å². The fourth-order valence-corrected chi connectivity index (χ4v) is 2.15. The van der Waals surface area contributed by atoms with Crippen LogP contribution in [-0.4, -0.2) is 25.3 Å². The quantitative estimate of drug-likeness (QED) is 0.734. The second-order valence-electron chi connectivity index (χ2n) is 5.60. The highest BCUT2D eigenvalue weighted by atomic mass is 16.5. The maximum Gasteiger partial charge on any atom is 0.0622 e. The molecule has 0 saturated heterocycles. The maximum absolute atomic E-state index is 5.56. The summed E-state index contributed by atoms with van der Waals surface area (Å²) in [6.45, 7) is 10.4. The van der Waals surface area contributed by atoms with Crippen LogP contribution >= 0.6 is 0 Å². The first kappa shape index (κ1) is 16.2. The Hall–Kier alpha value is -0.860. The van der Waals surface area contributed by atoms with E-state index in [4.69, 9.17) is 4.74 Å². The molecule has 2 atom stereocenters. The fourth-order valence-electron chi connectivity index (χ4n) is 2.15. The molecule has 108 valence electrons. The second-order valence-corrected chi connectivity index (χ2v) is 5.60. The minimum absolute atomic E-state index is 0.450. The Balaban J connectivity index is 2.33. The molecule has 2 nitrogen and oxygen atoms in total. The fraction of sp³-hybridized carbons (Fsp3) is 0.647. The Morgan fingerprint density at radius 3 is 2.37 bits per heavy atom. The highest BCUT2D eigenvalue weighted by Crippen LogP contribution is 2.08. The van der Waals surface area contributed by atoms with E-state index in [1.807, 2.05) is 0 Å². The molecule has 2 heteroatoms. The molecule has 0 heterocycles. The lowest BCUT2D eigenvalue weighted by Crippen LogP contribution is -2.43. The first-order chi connectivity index (χ1) is 9.13. The van der Waals surface area contributed by atoms with Crippen LogP contribution in [-0.2, 0) is 11.2 Å². The lowest BCUT2D eigenvalue weighted by Gasteiger charge is -2.26. The van der Waals surface area contributed by atoms with Gasteiger partial charge in [0.15, 0.2) is 0 Å². The van der Waals surface area contributed by atoms with Gasteiger partial charge in [-0.15, -0.1) is 0 Å². The molecule has 1 aromatic carbocycles. The summed E-state index contributed by atoms with van der Waals surface area (Å²) >= 11 is 0. The topological polar surface area (TPSA) is 21.3 Å². The summed E-state index contributed by atoms with van der Waals surface area (Å²) in [5, 5.41) is 3.70. The first-order valence-electron chi connectivity index (χ1n) is 7.51. The molecule has 0 aromatic heterocycles. The third kappa shape index (κ3) is 6.74. The van der Waals surface area contributed by atoms with Gasteiger partial charge in [-0.2, -0.15) is 0 Å². The summed E-state index contributed by atoms with van der Waals surface area (Å²) in [5.41, 5.74) is 1.42. The molecule has 0 aliphatic carbocycles. The molecule has 19 heavy (non-hydrogen) atoms. The summed E-state index contributed by atoms with van der Waals surface area (Å²) in [7, 11) is 0. The van der Waals surface area contributed by atoms with E-state index in [-0.39, 0.29) is 0 Å². The number of benzene rings is 1. The molecule has 0 bridgehead atoms. The SMILES string of the molecule is CCOCC(NC(C)CCc1ccccc1)C(C)C. The van der Waals surface area contributed by atoms with Crippen molar-refractivity contribution in [2.24, 2.45) is 5.92 Å². The number of ether oxygens (including phenoxy) is 1. The zero-order valence-corrected chi connectivity index (χ0v) is 12.9. The van der Waals surface area contributed by atoms with Crippen LogP contribution < -0.4 is 5.32 Å². The standard InChI is InChI=1S/C17H29NO/c1-5-19-13-17(14(2)3)18-15(4)11-12-16-9-7-6-8-10-16/h6-10,14-15,17-18H,5,11-13H2,1-4H3. The van der Waals surface area contributed by atoms with Crippen molar-refractivity contribution in [1.29, 1.82) is 0 Å². The Labute approximate surface area is 118 Å². The van der Waals surface area contributed by atoms with Crippen molar-refractivity contribution < 1.29 is 4.74 Å². The molecule has 0 radical (unpaired) electrons. The smallest absolute Gasteiger partial charge is 0.0622 e. The van der Waals surface area contributed by atoms with Crippen molar-refractivity contribution in [2.75, 3.05) is 13.2 Å². The van der Waals surface area contributed by atoms with Crippen LogP contribution in [0.3, 0.4) is 0 Å². The van der Waals surface area contributed by atoms with Gasteiger partial charge >= 0.3 is 0 Å². The first-order valence-corrected chi connectivity index (χ1v) is 7.51.